The molecule has 1 amide bonds. The molecule has 2 aliphatic heterocycles. The van der Waals surface area contributed by atoms with E-state index >= 15 is 0 Å². The second-order valence-corrected chi connectivity index (χ2v) is 8.68. The van der Waals surface area contributed by atoms with Crippen molar-refractivity contribution < 1.29 is 19.4 Å². The van der Waals surface area contributed by atoms with Gasteiger partial charge in [0.25, 0.3) is 0 Å². The van der Waals surface area contributed by atoms with Crippen LogP contribution in [0, 0.1) is 0 Å². The molecule has 31 heavy (non-hydrogen) atoms. The number of piperidine rings is 1. The molecule has 2 aromatic carbocycles. The molecule has 2 heterocycles. The van der Waals surface area contributed by atoms with Crippen LogP contribution in [0.1, 0.15) is 36.3 Å². The van der Waals surface area contributed by atoms with Crippen LogP contribution in [0.15, 0.2) is 42.5 Å². The Morgan fingerprint density at radius 1 is 1.19 bits per heavy atom. The van der Waals surface area contributed by atoms with Crippen LogP contribution in [0.2, 0.25) is 5.02 Å². The number of aliphatic hydroxyl groups is 1. The predicted molar refractivity (Wildman–Crippen MR) is 120 cm³/mol. The van der Waals surface area contributed by atoms with E-state index in [1.807, 2.05) is 42.5 Å². The monoisotopic (exact) mass is 442 g/mol. The summed E-state index contributed by atoms with van der Waals surface area (Å²) in [5, 5.41) is 12.7. The van der Waals surface area contributed by atoms with Gasteiger partial charge in [-0.25, -0.2) is 0 Å². The van der Waals surface area contributed by atoms with E-state index in [4.69, 9.17) is 21.4 Å². The van der Waals surface area contributed by atoms with Gasteiger partial charge in [-0.15, -0.1) is 0 Å². The number of rotatable bonds is 8. The standard InChI is InChI=1S/C24H27ClN2O4/c25-19-3-6-22-21(15-19)24(23(30)26-22)8-10-27(11-9-24)12-14-31-20-4-1-17(2-5-20)18(16-29)7-13-28/h1-6,15-16,18,28H,7-14H2,(H,26,30). The molecule has 2 aromatic rings. The lowest BCUT2D eigenvalue weighted by atomic mass is 9.73. The summed E-state index contributed by atoms with van der Waals surface area (Å²) in [6.45, 7) is 2.96. The number of aldehydes is 1. The normalized spacial score (nSPS) is 18.5. The lowest BCUT2D eigenvalue weighted by molar-refractivity contribution is -0.122. The fourth-order valence-electron chi connectivity index (χ4n) is 4.60. The van der Waals surface area contributed by atoms with E-state index in [0.717, 1.165) is 61.3 Å². The second kappa shape index (κ2) is 9.39. The summed E-state index contributed by atoms with van der Waals surface area (Å²) in [5.74, 6) is 0.549. The summed E-state index contributed by atoms with van der Waals surface area (Å²) < 4.78 is 5.87. The first kappa shape index (κ1) is 21.8. The fraction of sp³-hybridized carbons (Fsp3) is 0.417. The number of amides is 1. The van der Waals surface area contributed by atoms with Crippen molar-refractivity contribution in [3.8, 4) is 5.75 Å². The first-order valence-electron chi connectivity index (χ1n) is 10.7. The summed E-state index contributed by atoms with van der Waals surface area (Å²) in [4.78, 5) is 26.2. The average molecular weight is 443 g/mol. The molecule has 4 rings (SSSR count). The number of nitrogens with one attached hydrogen (secondary N) is 1. The summed E-state index contributed by atoms with van der Waals surface area (Å²) in [6, 6.07) is 13.1. The van der Waals surface area contributed by atoms with Gasteiger partial charge < -0.3 is 20.0 Å². The van der Waals surface area contributed by atoms with Crippen LogP contribution in [0.4, 0.5) is 5.69 Å². The van der Waals surface area contributed by atoms with Crippen LogP contribution in [0.25, 0.3) is 0 Å². The molecule has 1 unspecified atom stereocenters. The molecule has 164 valence electrons. The zero-order chi connectivity index (χ0) is 21.8. The molecule has 1 atom stereocenters. The number of nitrogens with zero attached hydrogens (tertiary/aromatic N) is 1. The van der Waals surface area contributed by atoms with Crippen molar-refractivity contribution >= 4 is 29.5 Å². The van der Waals surface area contributed by atoms with Crippen LogP contribution in [-0.2, 0) is 15.0 Å². The molecule has 0 bridgehead atoms. The number of anilines is 1. The molecule has 0 aromatic heterocycles. The second-order valence-electron chi connectivity index (χ2n) is 8.24. The highest BCUT2D eigenvalue weighted by atomic mass is 35.5. The molecule has 2 N–H and O–H groups in total. The van der Waals surface area contributed by atoms with Gasteiger partial charge in [-0.3, -0.25) is 9.69 Å². The van der Waals surface area contributed by atoms with E-state index < -0.39 is 5.41 Å². The van der Waals surface area contributed by atoms with Crippen molar-refractivity contribution in [1.29, 1.82) is 0 Å². The Morgan fingerprint density at radius 3 is 2.61 bits per heavy atom. The highest BCUT2D eigenvalue weighted by Crippen LogP contribution is 2.45. The fourth-order valence-corrected chi connectivity index (χ4v) is 4.77. The Morgan fingerprint density at radius 2 is 1.94 bits per heavy atom. The number of hydrogen-bond acceptors (Lipinski definition) is 5. The van der Waals surface area contributed by atoms with Crippen molar-refractivity contribution in [2.45, 2.75) is 30.6 Å². The van der Waals surface area contributed by atoms with Crippen molar-refractivity contribution in [3.63, 3.8) is 0 Å². The van der Waals surface area contributed by atoms with Gasteiger partial charge in [0.2, 0.25) is 5.91 Å². The van der Waals surface area contributed by atoms with Crippen molar-refractivity contribution in [1.82, 2.24) is 4.90 Å². The molecule has 1 spiro atoms. The number of ether oxygens (including phenoxy) is 1. The first-order chi connectivity index (χ1) is 15.1. The van der Waals surface area contributed by atoms with Crippen LogP contribution >= 0.6 is 11.6 Å². The van der Waals surface area contributed by atoms with Crippen molar-refractivity contribution in [2.24, 2.45) is 0 Å². The Balaban J connectivity index is 1.28. The summed E-state index contributed by atoms with van der Waals surface area (Å²) in [5.41, 5.74) is 2.31. The van der Waals surface area contributed by atoms with Gasteiger partial charge in [-0.2, -0.15) is 0 Å². The van der Waals surface area contributed by atoms with Gasteiger partial charge in [0, 0.05) is 29.8 Å². The number of aliphatic hydroxyl groups excluding tert-OH is 1. The number of halogens is 1. The maximum Gasteiger partial charge on any atom is 0.235 e. The van der Waals surface area contributed by atoms with Crippen LogP contribution < -0.4 is 10.1 Å². The van der Waals surface area contributed by atoms with Crippen LogP contribution in [-0.4, -0.2) is 55.0 Å². The molecule has 0 saturated carbocycles. The average Bonchev–Trinajstić information content (AvgIpc) is 3.05. The molecule has 7 heteroatoms. The third kappa shape index (κ3) is 4.47. The van der Waals surface area contributed by atoms with E-state index in [1.165, 1.54) is 0 Å². The van der Waals surface area contributed by atoms with E-state index in [9.17, 15) is 9.59 Å². The Labute approximate surface area is 187 Å². The van der Waals surface area contributed by atoms with Gasteiger partial charge in [-0.05, 0) is 73.8 Å². The Hall–Kier alpha value is -2.41. The van der Waals surface area contributed by atoms with E-state index in [1.54, 1.807) is 0 Å². The van der Waals surface area contributed by atoms with Gasteiger partial charge in [0.15, 0.2) is 0 Å². The molecule has 0 aliphatic carbocycles. The van der Waals surface area contributed by atoms with Gasteiger partial charge in [0.1, 0.15) is 18.6 Å². The number of likely N-dealkylation sites (tertiary alicyclic amines) is 1. The SMILES string of the molecule is O=CC(CCO)c1ccc(OCCN2CCC3(CC2)C(=O)Nc2ccc(Cl)cc23)cc1. The number of hydrogen-bond donors (Lipinski definition) is 2. The molecular formula is C24H27ClN2O4. The highest BCUT2D eigenvalue weighted by molar-refractivity contribution is 6.31. The quantitative estimate of drug-likeness (QED) is 0.613. The van der Waals surface area contributed by atoms with E-state index in [0.29, 0.717) is 18.1 Å². The minimum Gasteiger partial charge on any atom is -0.492 e. The zero-order valence-electron chi connectivity index (χ0n) is 17.4. The van der Waals surface area contributed by atoms with Gasteiger partial charge >= 0.3 is 0 Å². The topological polar surface area (TPSA) is 78.9 Å². The molecule has 1 fully saturated rings. The minimum absolute atomic E-state index is 0.0148. The number of carbonyl (C=O) groups excluding carboxylic acids is 2. The maximum absolute atomic E-state index is 12.7. The Bertz CT molecular complexity index is 939. The number of fused-ring (bicyclic) bond motifs is 2. The van der Waals surface area contributed by atoms with Gasteiger partial charge in [-0.1, -0.05) is 23.7 Å². The molecule has 1 saturated heterocycles. The molecule has 2 aliphatic rings. The van der Waals surface area contributed by atoms with Gasteiger partial charge in [0.05, 0.1) is 5.41 Å². The lowest BCUT2D eigenvalue weighted by Crippen LogP contribution is -2.47. The van der Waals surface area contributed by atoms with Crippen molar-refractivity contribution in [3.05, 3.63) is 58.6 Å². The first-order valence-corrected chi connectivity index (χ1v) is 11.1. The van der Waals surface area contributed by atoms with Crippen LogP contribution in [0.3, 0.4) is 0 Å². The molecule has 0 radical (unpaired) electrons. The summed E-state index contributed by atoms with van der Waals surface area (Å²) in [7, 11) is 0. The summed E-state index contributed by atoms with van der Waals surface area (Å²) >= 11 is 6.19. The summed E-state index contributed by atoms with van der Waals surface area (Å²) in [6.07, 6.45) is 2.82. The predicted octanol–water partition coefficient (Wildman–Crippen LogP) is 3.37. The third-order valence-corrected chi connectivity index (χ3v) is 6.71. The highest BCUT2D eigenvalue weighted by Gasteiger charge is 2.48. The van der Waals surface area contributed by atoms with Crippen molar-refractivity contribution in [2.75, 3.05) is 38.2 Å². The lowest BCUT2D eigenvalue weighted by Gasteiger charge is -2.38. The number of carbonyl (C=O) groups is 2. The third-order valence-electron chi connectivity index (χ3n) is 6.48. The Kier molecular flexibility index (Phi) is 6.60. The molecular weight excluding hydrogens is 416 g/mol. The number of benzene rings is 2. The maximum atomic E-state index is 12.7. The smallest absolute Gasteiger partial charge is 0.235 e. The van der Waals surface area contributed by atoms with E-state index in [-0.39, 0.29) is 18.4 Å². The minimum atomic E-state index is -0.475. The zero-order valence-corrected chi connectivity index (χ0v) is 18.1. The van der Waals surface area contributed by atoms with Crippen LogP contribution in [0.5, 0.6) is 5.75 Å². The van der Waals surface area contributed by atoms with E-state index in [2.05, 4.69) is 10.2 Å². The molecule has 6 nitrogen and oxygen atoms in total. The largest absolute Gasteiger partial charge is 0.492 e.